The second-order valence-corrected chi connectivity index (χ2v) is 6.64. The third kappa shape index (κ3) is 3.13. The number of rotatable bonds is 5. The molecule has 1 N–H and O–H groups in total. The van der Waals surface area contributed by atoms with Crippen molar-refractivity contribution in [3.05, 3.63) is 66.4 Å². The van der Waals surface area contributed by atoms with Crippen LogP contribution >= 0.6 is 0 Å². The number of carboxylic acids is 1. The highest BCUT2D eigenvalue weighted by atomic mass is 19.1. The molecule has 0 saturated carbocycles. The first kappa shape index (κ1) is 17.9. The zero-order valence-electron chi connectivity index (χ0n) is 15.2. The van der Waals surface area contributed by atoms with Gasteiger partial charge in [-0.05, 0) is 56.3 Å². The van der Waals surface area contributed by atoms with Gasteiger partial charge >= 0.3 is 5.97 Å². The SMILES string of the molecule is CC(C)Oc1cc2c(C(=O)O)c(-c3ccc(F)cc3)oc2cc1-c1ccoc1. The van der Waals surface area contributed by atoms with Gasteiger partial charge < -0.3 is 18.7 Å². The second-order valence-electron chi connectivity index (χ2n) is 6.64. The molecule has 5 nitrogen and oxygen atoms in total. The summed E-state index contributed by atoms with van der Waals surface area (Å²) in [6.45, 7) is 3.78. The quantitative estimate of drug-likeness (QED) is 0.461. The molecule has 2 aromatic heterocycles. The standard InChI is InChI=1S/C22H17FO5/c1-12(2)27-18-10-17-19(9-16(18)14-7-8-26-11-14)28-21(20(17)22(24)25)13-3-5-15(23)6-4-13/h3-12H,1-2H3,(H,24,25). The number of fused-ring (bicyclic) bond motifs is 1. The second kappa shape index (κ2) is 6.88. The predicted molar refractivity (Wildman–Crippen MR) is 102 cm³/mol. The molecule has 0 aliphatic heterocycles. The molecule has 0 bridgehead atoms. The average molecular weight is 380 g/mol. The van der Waals surface area contributed by atoms with Gasteiger partial charge in [0.05, 0.1) is 18.6 Å². The lowest BCUT2D eigenvalue weighted by Gasteiger charge is -2.13. The number of hydrogen-bond donors (Lipinski definition) is 1. The molecule has 0 saturated heterocycles. The summed E-state index contributed by atoms with van der Waals surface area (Å²) in [5, 5.41) is 10.2. The van der Waals surface area contributed by atoms with Crippen LogP contribution in [-0.2, 0) is 0 Å². The maximum Gasteiger partial charge on any atom is 0.340 e. The first-order chi connectivity index (χ1) is 13.4. The zero-order chi connectivity index (χ0) is 19.8. The maximum absolute atomic E-state index is 13.3. The Kier molecular flexibility index (Phi) is 4.39. The molecule has 0 unspecified atom stereocenters. The summed E-state index contributed by atoms with van der Waals surface area (Å²) in [4.78, 5) is 12.0. The van der Waals surface area contributed by atoms with Gasteiger partial charge in [0, 0.05) is 22.1 Å². The van der Waals surface area contributed by atoms with Gasteiger partial charge in [-0.2, -0.15) is 0 Å². The van der Waals surface area contributed by atoms with Crippen molar-refractivity contribution in [2.24, 2.45) is 0 Å². The molecular weight excluding hydrogens is 363 g/mol. The number of halogens is 1. The van der Waals surface area contributed by atoms with Gasteiger partial charge in [0.2, 0.25) is 0 Å². The summed E-state index contributed by atoms with van der Waals surface area (Å²) in [6, 6.07) is 10.7. The molecule has 0 radical (unpaired) electrons. The van der Waals surface area contributed by atoms with E-state index in [1.807, 2.05) is 13.8 Å². The van der Waals surface area contributed by atoms with E-state index in [1.54, 1.807) is 30.7 Å². The van der Waals surface area contributed by atoms with Crippen molar-refractivity contribution in [3.63, 3.8) is 0 Å². The molecule has 2 aromatic carbocycles. The molecule has 0 aliphatic carbocycles. The molecular formula is C22H17FO5. The van der Waals surface area contributed by atoms with E-state index in [0.717, 1.165) is 11.1 Å². The topological polar surface area (TPSA) is 72.8 Å². The predicted octanol–water partition coefficient (Wildman–Crippen LogP) is 5.98. The number of hydrogen-bond acceptors (Lipinski definition) is 4. The van der Waals surface area contributed by atoms with E-state index < -0.39 is 11.8 Å². The fourth-order valence-corrected chi connectivity index (χ4v) is 3.13. The maximum atomic E-state index is 13.3. The Labute approximate surface area is 160 Å². The third-order valence-electron chi connectivity index (χ3n) is 4.31. The lowest BCUT2D eigenvalue weighted by Crippen LogP contribution is -2.06. The van der Waals surface area contributed by atoms with Gasteiger partial charge in [0.15, 0.2) is 0 Å². The molecule has 6 heteroatoms. The Morgan fingerprint density at radius 3 is 2.46 bits per heavy atom. The van der Waals surface area contributed by atoms with Crippen LogP contribution in [0.1, 0.15) is 24.2 Å². The van der Waals surface area contributed by atoms with E-state index >= 15 is 0 Å². The van der Waals surface area contributed by atoms with Gasteiger partial charge in [-0.1, -0.05) is 0 Å². The van der Waals surface area contributed by atoms with E-state index in [0.29, 0.717) is 22.3 Å². The van der Waals surface area contributed by atoms with Crippen LogP contribution in [0, 0.1) is 5.82 Å². The van der Waals surface area contributed by atoms with Crippen molar-refractivity contribution in [1.82, 2.24) is 0 Å². The van der Waals surface area contributed by atoms with Crippen LogP contribution in [0.5, 0.6) is 5.75 Å². The first-order valence-electron chi connectivity index (χ1n) is 8.73. The smallest absolute Gasteiger partial charge is 0.340 e. The number of aromatic carboxylic acids is 1. The number of carboxylic acid groups (broad SMARTS) is 1. The summed E-state index contributed by atoms with van der Waals surface area (Å²) < 4.78 is 30.3. The molecule has 2 heterocycles. The van der Waals surface area contributed by atoms with E-state index in [-0.39, 0.29) is 17.4 Å². The summed E-state index contributed by atoms with van der Waals surface area (Å²) in [5.74, 6) is -0.851. The Hall–Kier alpha value is -3.54. The number of benzene rings is 2. The van der Waals surface area contributed by atoms with Crippen LogP contribution in [0.3, 0.4) is 0 Å². The number of ether oxygens (including phenoxy) is 1. The minimum absolute atomic E-state index is 0.00829. The van der Waals surface area contributed by atoms with Crippen molar-refractivity contribution in [1.29, 1.82) is 0 Å². The summed E-state index contributed by atoms with van der Waals surface area (Å²) in [5.41, 5.74) is 2.39. The van der Waals surface area contributed by atoms with Crippen LogP contribution in [-0.4, -0.2) is 17.2 Å². The fourth-order valence-electron chi connectivity index (χ4n) is 3.13. The molecule has 4 rings (SSSR count). The van der Waals surface area contributed by atoms with Crippen molar-refractivity contribution in [3.8, 4) is 28.2 Å². The first-order valence-corrected chi connectivity index (χ1v) is 8.73. The molecule has 4 aromatic rings. The van der Waals surface area contributed by atoms with Gasteiger partial charge in [-0.3, -0.25) is 0 Å². The highest BCUT2D eigenvalue weighted by Gasteiger charge is 2.24. The van der Waals surface area contributed by atoms with Gasteiger partial charge in [-0.15, -0.1) is 0 Å². The van der Waals surface area contributed by atoms with Crippen LogP contribution in [0.4, 0.5) is 4.39 Å². The fraction of sp³-hybridized carbons (Fsp3) is 0.136. The Morgan fingerprint density at radius 2 is 1.86 bits per heavy atom. The highest BCUT2D eigenvalue weighted by molar-refractivity contribution is 6.09. The van der Waals surface area contributed by atoms with E-state index in [9.17, 15) is 14.3 Å². The molecule has 0 atom stereocenters. The molecule has 28 heavy (non-hydrogen) atoms. The molecule has 0 amide bonds. The van der Waals surface area contributed by atoms with Gasteiger partial charge in [-0.25, -0.2) is 9.18 Å². The third-order valence-corrected chi connectivity index (χ3v) is 4.31. The monoisotopic (exact) mass is 380 g/mol. The summed E-state index contributed by atoms with van der Waals surface area (Å²) in [7, 11) is 0. The lowest BCUT2D eigenvalue weighted by atomic mass is 10.0. The van der Waals surface area contributed by atoms with Gasteiger partial charge in [0.25, 0.3) is 0 Å². The number of carbonyl (C=O) groups is 1. The zero-order valence-corrected chi connectivity index (χ0v) is 15.2. The summed E-state index contributed by atoms with van der Waals surface area (Å²) >= 11 is 0. The normalized spacial score (nSPS) is 11.3. The van der Waals surface area contributed by atoms with Gasteiger partial charge in [0.1, 0.15) is 28.5 Å². The van der Waals surface area contributed by atoms with Crippen molar-refractivity contribution in [2.45, 2.75) is 20.0 Å². The van der Waals surface area contributed by atoms with Crippen molar-refractivity contribution in [2.75, 3.05) is 0 Å². The Bertz CT molecular complexity index is 1140. The lowest BCUT2D eigenvalue weighted by molar-refractivity contribution is 0.0699. The molecule has 0 aliphatic rings. The van der Waals surface area contributed by atoms with Crippen LogP contribution in [0.25, 0.3) is 33.4 Å². The largest absolute Gasteiger partial charge is 0.490 e. The molecule has 0 spiro atoms. The minimum atomic E-state index is -1.13. The van der Waals surface area contributed by atoms with Crippen LogP contribution < -0.4 is 4.74 Å². The molecule has 142 valence electrons. The van der Waals surface area contributed by atoms with E-state index in [2.05, 4.69) is 0 Å². The Balaban J connectivity index is 1.99. The van der Waals surface area contributed by atoms with E-state index in [1.165, 1.54) is 24.3 Å². The van der Waals surface area contributed by atoms with Crippen LogP contribution in [0.15, 0.2) is 63.8 Å². The van der Waals surface area contributed by atoms with Crippen molar-refractivity contribution < 1.29 is 27.9 Å². The minimum Gasteiger partial charge on any atom is -0.490 e. The summed E-state index contributed by atoms with van der Waals surface area (Å²) in [6.07, 6.45) is 3.02. The van der Waals surface area contributed by atoms with Crippen molar-refractivity contribution >= 4 is 16.9 Å². The average Bonchev–Trinajstić information content (AvgIpc) is 3.28. The van der Waals surface area contributed by atoms with Crippen LogP contribution in [0.2, 0.25) is 0 Å². The van der Waals surface area contributed by atoms with E-state index in [4.69, 9.17) is 13.6 Å². The highest BCUT2D eigenvalue weighted by Crippen LogP contribution is 2.41. The molecule has 0 fully saturated rings. The Morgan fingerprint density at radius 1 is 1.11 bits per heavy atom. The number of furan rings is 2.